The van der Waals surface area contributed by atoms with E-state index < -0.39 is 5.97 Å². The number of carboxylic acids is 1. The molecule has 0 aromatic heterocycles. The van der Waals surface area contributed by atoms with E-state index in [1.165, 1.54) is 12.1 Å². The molecule has 0 spiro atoms. The van der Waals surface area contributed by atoms with E-state index in [0.717, 1.165) is 29.2 Å². The van der Waals surface area contributed by atoms with Crippen molar-refractivity contribution in [2.75, 3.05) is 32.1 Å². The molecule has 5 heteroatoms. The van der Waals surface area contributed by atoms with Gasteiger partial charge in [-0.1, -0.05) is 22.0 Å². The van der Waals surface area contributed by atoms with Crippen molar-refractivity contribution < 1.29 is 9.90 Å². The van der Waals surface area contributed by atoms with Crippen LogP contribution < -0.4 is 4.90 Å². The number of nitrogens with zero attached hydrogens (tertiary/aromatic N) is 2. The van der Waals surface area contributed by atoms with Gasteiger partial charge in [0.15, 0.2) is 0 Å². The fourth-order valence-electron chi connectivity index (χ4n) is 2.41. The molecule has 108 valence electrons. The van der Waals surface area contributed by atoms with E-state index in [-0.39, 0.29) is 0 Å². The summed E-state index contributed by atoms with van der Waals surface area (Å²) in [6, 6.07) is 6.64. The van der Waals surface area contributed by atoms with Gasteiger partial charge in [0, 0.05) is 35.4 Å². The highest BCUT2D eigenvalue weighted by Gasteiger charge is 2.24. The molecule has 1 aromatic carbocycles. The molecule has 1 aliphatic rings. The Labute approximate surface area is 127 Å². The SMILES string of the molecule is CN(C)C1CCN(c2ccc(/C=C/C(=O)O)c(Br)c2)C1. The maximum atomic E-state index is 10.5. The van der Waals surface area contributed by atoms with Gasteiger partial charge in [0.2, 0.25) is 0 Å². The van der Waals surface area contributed by atoms with E-state index in [4.69, 9.17) is 5.11 Å². The second-order valence-corrected chi connectivity index (χ2v) is 6.08. The summed E-state index contributed by atoms with van der Waals surface area (Å²) < 4.78 is 0.917. The van der Waals surface area contributed by atoms with Crippen molar-refractivity contribution in [3.05, 3.63) is 34.3 Å². The van der Waals surface area contributed by atoms with Gasteiger partial charge >= 0.3 is 5.97 Å². The van der Waals surface area contributed by atoms with E-state index in [9.17, 15) is 4.79 Å². The molecule has 1 fully saturated rings. The number of carboxylic acid groups (broad SMARTS) is 1. The smallest absolute Gasteiger partial charge is 0.328 e. The number of hydrogen-bond donors (Lipinski definition) is 1. The van der Waals surface area contributed by atoms with Crippen LogP contribution in [0.4, 0.5) is 5.69 Å². The highest BCUT2D eigenvalue weighted by Crippen LogP contribution is 2.28. The maximum absolute atomic E-state index is 10.5. The minimum atomic E-state index is -0.936. The third-order valence-corrected chi connectivity index (χ3v) is 4.34. The van der Waals surface area contributed by atoms with Gasteiger partial charge in [-0.3, -0.25) is 0 Å². The van der Waals surface area contributed by atoms with E-state index >= 15 is 0 Å². The second-order valence-electron chi connectivity index (χ2n) is 5.23. The van der Waals surface area contributed by atoms with E-state index in [1.807, 2.05) is 12.1 Å². The maximum Gasteiger partial charge on any atom is 0.328 e. The van der Waals surface area contributed by atoms with Gasteiger partial charge in [0.1, 0.15) is 0 Å². The zero-order valence-electron chi connectivity index (χ0n) is 11.7. The summed E-state index contributed by atoms with van der Waals surface area (Å²) in [5, 5.41) is 8.66. The average molecular weight is 339 g/mol. The molecular weight excluding hydrogens is 320 g/mol. The number of halogens is 1. The van der Waals surface area contributed by atoms with Gasteiger partial charge in [0.25, 0.3) is 0 Å². The van der Waals surface area contributed by atoms with Gasteiger partial charge in [-0.05, 0) is 44.3 Å². The summed E-state index contributed by atoms with van der Waals surface area (Å²) in [7, 11) is 4.23. The average Bonchev–Trinajstić information content (AvgIpc) is 2.86. The topological polar surface area (TPSA) is 43.8 Å². The number of likely N-dealkylation sites (N-methyl/N-ethyl adjacent to an activating group) is 1. The Morgan fingerprint density at radius 2 is 2.25 bits per heavy atom. The first-order chi connectivity index (χ1) is 9.47. The molecule has 1 N–H and O–H groups in total. The van der Waals surface area contributed by atoms with Crippen LogP contribution in [0.5, 0.6) is 0 Å². The normalized spacial score (nSPS) is 19.2. The molecule has 1 unspecified atom stereocenters. The minimum Gasteiger partial charge on any atom is -0.478 e. The second kappa shape index (κ2) is 6.41. The molecule has 0 amide bonds. The fraction of sp³-hybridized carbons (Fsp3) is 0.400. The molecule has 20 heavy (non-hydrogen) atoms. The van der Waals surface area contributed by atoms with E-state index in [0.29, 0.717) is 6.04 Å². The summed E-state index contributed by atoms with van der Waals surface area (Å²) in [4.78, 5) is 15.2. The molecular formula is C15H19BrN2O2. The summed E-state index contributed by atoms with van der Waals surface area (Å²) in [5.41, 5.74) is 2.05. The Kier molecular flexibility index (Phi) is 4.83. The molecule has 1 atom stereocenters. The lowest BCUT2D eigenvalue weighted by Gasteiger charge is -2.22. The van der Waals surface area contributed by atoms with Crippen LogP contribution in [0.15, 0.2) is 28.7 Å². The van der Waals surface area contributed by atoms with Crippen molar-refractivity contribution in [3.8, 4) is 0 Å². The predicted molar refractivity (Wildman–Crippen MR) is 85.1 cm³/mol. The molecule has 0 radical (unpaired) electrons. The van der Waals surface area contributed by atoms with Crippen LogP contribution in [-0.4, -0.2) is 49.2 Å². The predicted octanol–water partition coefficient (Wildman–Crippen LogP) is 2.69. The fourth-order valence-corrected chi connectivity index (χ4v) is 2.91. The molecule has 0 saturated carbocycles. The van der Waals surface area contributed by atoms with Crippen LogP contribution in [0.1, 0.15) is 12.0 Å². The first-order valence-electron chi connectivity index (χ1n) is 6.59. The molecule has 2 rings (SSSR count). The van der Waals surface area contributed by atoms with Crippen molar-refractivity contribution >= 4 is 33.7 Å². The van der Waals surface area contributed by atoms with Gasteiger partial charge < -0.3 is 14.9 Å². The van der Waals surface area contributed by atoms with Crippen molar-refractivity contribution in [1.82, 2.24) is 4.90 Å². The lowest BCUT2D eigenvalue weighted by atomic mass is 10.2. The Hall–Kier alpha value is -1.33. The minimum absolute atomic E-state index is 0.598. The molecule has 1 saturated heterocycles. The highest BCUT2D eigenvalue weighted by molar-refractivity contribution is 9.10. The Morgan fingerprint density at radius 3 is 2.80 bits per heavy atom. The molecule has 0 bridgehead atoms. The molecule has 4 nitrogen and oxygen atoms in total. The van der Waals surface area contributed by atoms with Crippen LogP contribution in [0.2, 0.25) is 0 Å². The van der Waals surface area contributed by atoms with Crippen molar-refractivity contribution in [2.24, 2.45) is 0 Å². The monoisotopic (exact) mass is 338 g/mol. The van der Waals surface area contributed by atoms with Crippen LogP contribution in [0.25, 0.3) is 6.08 Å². The third-order valence-electron chi connectivity index (χ3n) is 3.65. The van der Waals surface area contributed by atoms with Crippen LogP contribution in [0, 0.1) is 0 Å². The highest BCUT2D eigenvalue weighted by atomic mass is 79.9. The summed E-state index contributed by atoms with van der Waals surface area (Å²) in [6.07, 6.45) is 3.92. The Bertz CT molecular complexity index is 529. The number of anilines is 1. The van der Waals surface area contributed by atoms with Crippen molar-refractivity contribution in [1.29, 1.82) is 0 Å². The zero-order valence-corrected chi connectivity index (χ0v) is 13.3. The van der Waals surface area contributed by atoms with Gasteiger partial charge in [0.05, 0.1) is 0 Å². The zero-order chi connectivity index (χ0) is 14.7. The largest absolute Gasteiger partial charge is 0.478 e. The number of aliphatic carboxylic acids is 1. The Morgan fingerprint density at radius 1 is 1.50 bits per heavy atom. The summed E-state index contributed by atoms with van der Waals surface area (Å²) >= 11 is 3.51. The molecule has 1 heterocycles. The first kappa shape index (κ1) is 15.1. The third kappa shape index (κ3) is 3.61. The van der Waals surface area contributed by atoms with Crippen molar-refractivity contribution in [2.45, 2.75) is 12.5 Å². The molecule has 0 aliphatic carbocycles. The van der Waals surface area contributed by atoms with E-state index in [2.05, 4.69) is 45.9 Å². The number of hydrogen-bond acceptors (Lipinski definition) is 3. The van der Waals surface area contributed by atoms with Crippen molar-refractivity contribution in [3.63, 3.8) is 0 Å². The number of benzene rings is 1. The molecule has 1 aromatic rings. The van der Waals surface area contributed by atoms with E-state index in [1.54, 1.807) is 6.08 Å². The van der Waals surface area contributed by atoms with Crippen LogP contribution in [0.3, 0.4) is 0 Å². The van der Waals surface area contributed by atoms with Gasteiger partial charge in [-0.15, -0.1) is 0 Å². The lowest BCUT2D eigenvalue weighted by Crippen LogP contribution is -2.31. The van der Waals surface area contributed by atoms with Gasteiger partial charge in [-0.2, -0.15) is 0 Å². The van der Waals surface area contributed by atoms with Crippen LogP contribution >= 0.6 is 15.9 Å². The lowest BCUT2D eigenvalue weighted by molar-refractivity contribution is -0.131. The standard InChI is InChI=1S/C15H19BrN2O2/c1-17(2)13-7-8-18(10-13)12-5-3-11(14(16)9-12)4-6-15(19)20/h3-6,9,13H,7-8,10H2,1-2H3,(H,19,20)/b6-4+. The quantitative estimate of drug-likeness (QED) is 0.857. The number of carbonyl (C=O) groups is 1. The van der Waals surface area contributed by atoms with Crippen LogP contribution in [-0.2, 0) is 4.79 Å². The molecule has 1 aliphatic heterocycles. The summed E-state index contributed by atoms with van der Waals surface area (Å²) in [6.45, 7) is 2.09. The Balaban J connectivity index is 2.12. The van der Waals surface area contributed by atoms with Gasteiger partial charge in [-0.25, -0.2) is 4.79 Å². The first-order valence-corrected chi connectivity index (χ1v) is 7.38. The summed E-state index contributed by atoms with van der Waals surface area (Å²) in [5.74, 6) is -0.936. The number of rotatable bonds is 4.